The highest BCUT2D eigenvalue weighted by Gasteiger charge is 2.33. The molecule has 1 saturated heterocycles. The fraction of sp³-hybridized carbons (Fsp3) is 0.222. The number of fused-ring (bicyclic) bond motifs is 1. The van der Waals surface area contributed by atoms with Gasteiger partial charge < -0.3 is 9.80 Å². The number of nitrogens with zero attached hydrogens (tertiary/aromatic N) is 4. The number of benzene rings is 2. The molecule has 132 valence electrons. The summed E-state index contributed by atoms with van der Waals surface area (Å²) in [4.78, 5) is 28.7. The molecule has 0 saturated carbocycles. The average molecular weight is 371 g/mol. The molecule has 1 aliphatic heterocycles. The second-order valence-electron chi connectivity index (χ2n) is 6.23. The van der Waals surface area contributed by atoms with Gasteiger partial charge in [0.1, 0.15) is 17.6 Å². The molecule has 0 radical (unpaired) electrons. The van der Waals surface area contributed by atoms with E-state index >= 15 is 0 Å². The third kappa shape index (κ3) is 2.90. The first kappa shape index (κ1) is 16.5. The van der Waals surface area contributed by atoms with Gasteiger partial charge in [-0.25, -0.2) is 4.63 Å². The highest BCUT2D eigenvalue weighted by Crippen LogP contribution is 2.24. The fourth-order valence-electron chi connectivity index (χ4n) is 3.10. The summed E-state index contributed by atoms with van der Waals surface area (Å²) in [7, 11) is 0. The van der Waals surface area contributed by atoms with Gasteiger partial charge in [-0.05, 0) is 53.6 Å². The smallest absolute Gasteiger partial charge is 0.254 e. The van der Waals surface area contributed by atoms with Crippen molar-refractivity contribution in [1.82, 2.24) is 15.2 Å². The van der Waals surface area contributed by atoms with Gasteiger partial charge in [0.05, 0.1) is 0 Å². The number of anilines is 1. The van der Waals surface area contributed by atoms with Gasteiger partial charge in [0.25, 0.3) is 5.91 Å². The van der Waals surface area contributed by atoms with Gasteiger partial charge in [-0.1, -0.05) is 17.7 Å². The van der Waals surface area contributed by atoms with Crippen molar-refractivity contribution in [2.75, 3.05) is 18.0 Å². The van der Waals surface area contributed by atoms with Crippen LogP contribution >= 0.6 is 11.6 Å². The van der Waals surface area contributed by atoms with Gasteiger partial charge in [0, 0.05) is 28.9 Å². The largest absolute Gasteiger partial charge is 0.325 e. The first-order valence-electron chi connectivity index (χ1n) is 8.12. The maximum absolute atomic E-state index is 12.9. The fourth-order valence-corrected chi connectivity index (χ4v) is 3.28. The Bertz CT molecular complexity index is 1000. The summed E-state index contributed by atoms with van der Waals surface area (Å²) < 4.78 is 4.66. The first-order chi connectivity index (χ1) is 12.5. The molecule has 1 fully saturated rings. The maximum atomic E-state index is 12.9. The molecule has 1 aliphatic rings. The lowest BCUT2D eigenvalue weighted by molar-refractivity contribution is -0.121. The summed E-state index contributed by atoms with van der Waals surface area (Å²) in [6.07, 6.45) is 0. The Morgan fingerprint density at radius 1 is 1.19 bits per heavy atom. The van der Waals surface area contributed by atoms with Crippen molar-refractivity contribution in [3.63, 3.8) is 0 Å². The molecule has 0 spiro atoms. The summed E-state index contributed by atoms with van der Waals surface area (Å²) in [6.45, 7) is 2.32. The van der Waals surface area contributed by atoms with E-state index in [-0.39, 0.29) is 24.4 Å². The minimum absolute atomic E-state index is 0.00160. The summed E-state index contributed by atoms with van der Waals surface area (Å²) in [6, 6.07) is 11.9. The van der Waals surface area contributed by atoms with E-state index in [1.54, 1.807) is 46.2 Å². The molecule has 2 aromatic carbocycles. The topological polar surface area (TPSA) is 79.5 Å². The van der Waals surface area contributed by atoms with Gasteiger partial charge in [-0.3, -0.25) is 9.59 Å². The lowest BCUT2D eigenvalue weighted by Gasteiger charge is -2.39. The highest BCUT2D eigenvalue weighted by atomic mass is 35.5. The Kier molecular flexibility index (Phi) is 4.08. The van der Waals surface area contributed by atoms with E-state index in [9.17, 15) is 9.59 Å². The Morgan fingerprint density at radius 2 is 2.00 bits per heavy atom. The zero-order valence-electron chi connectivity index (χ0n) is 13.9. The van der Waals surface area contributed by atoms with Crippen LogP contribution < -0.4 is 4.90 Å². The molecule has 3 aromatic rings. The van der Waals surface area contributed by atoms with Crippen LogP contribution in [-0.4, -0.2) is 46.2 Å². The Balaban J connectivity index is 1.57. The molecule has 0 unspecified atom stereocenters. The Morgan fingerprint density at radius 3 is 2.81 bits per heavy atom. The van der Waals surface area contributed by atoms with E-state index in [0.717, 1.165) is 5.69 Å². The number of hydrogen-bond donors (Lipinski definition) is 0. The first-order valence-corrected chi connectivity index (χ1v) is 8.50. The van der Waals surface area contributed by atoms with E-state index in [2.05, 4.69) is 14.9 Å². The summed E-state index contributed by atoms with van der Waals surface area (Å²) in [5.41, 5.74) is 2.27. The van der Waals surface area contributed by atoms with Crippen LogP contribution in [0.25, 0.3) is 11.0 Å². The molecule has 1 atom stereocenters. The molecule has 26 heavy (non-hydrogen) atoms. The molecular weight excluding hydrogens is 356 g/mol. The van der Waals surface area contributed by atoms with Crippen molar-refractivity contribution in [2.45, 2.75) is 13.0 Å². The number of amides is 2. The standard InChI is InChI=1S/C18H15ClN4O3/c1-11-9-23(14-4-2-3-13(19)8-14)17(24)10-22(11)18(25)12-5-6-15-16(7-12)21-26-20-15/h2-8,11H,9-10H2,1H3/t11-/m0/s1. The third-order valence-electron chi connectivity index (χ3n) is 4.47. The quantitative estimate of drug-likeness (QED) is 0.693. The van der Waals surface area contributed by atoms with Crippen LogP contribution in [0.4, 0.5) is 5.69 Å². The number of rotatable bonds is 2. The van der Waals surface area contributed by atoms with E-state index < -0.39 is 0 Å². The van der Waals surface area contributed by atoms with E-state index in [4.69, 9.17) is 11.6 Å². The maximum Gasteiger partial charge on any atom is 0.254 e. The minimum Gasteiger partial charge on any atom is -0.325 e. The molecule has 4 rings (SSSR count). The number of hydrogen-bond acceptors (Lipinski definition) is 5. The molecule has 0 aliphatic carbocycles. The summed E-state index contributed by atoms with van der Waals surface area (Å²) in [5.74, 6) is -0.371. The van der Waals surface area contributed by atoms with Crippen molar-refractivity contribution in [3.05, 3.63) is 53.1 Å². The molecule has 2 heterocycles. The zero-order valence-corrected chi connectivity index (χ0v) is 14.7. The molecule has 8 heteroatoms. The van der Waals surface area contributed by atoms with Crippen LogP contribution in [0.5, 0.6) is 0 Å². The average Bonchev–Trinajstić information content (AvgIpc) is 3.10. The van der Waals surface area contributed by atoms with E-state index in [0.29, 0.717) is 28.2 Å². The van der Waals surface area contributed by atoms with Crippen LogP contribution in [0, 0.1) is 0 Å². The second kappa shape index (κ2) is 6.42. The van der Waals surface area contributed by atoms with Gasteiger partial charge in [-0.15, -0.1) is 0 Å². The predicted octanol–water partition coefficient (Wildman–Crippen LogP) is 2.75. The van der Waals surface area contributed by atoms with Crippen LogP contribution in [0.1, 0.15) is 17.3 Å². The monoisotopic (exact) mass is 370 g/mol. The van der Waals surface area contributed by atoms with Crippen molar-refractivity contribution >= 4 is 40.1 Å². The lowest BCUT2D eigenvalue weighted by atomic mass is 10.1. The molecule has 0 bridgehead atoms. The third-order valence-corrected chi connectivity index (χ3v) is 4.70. The molecule has 7 nitrogen and oxygen atoms in total. The van der Waals surface area contributed by atoms with Gasteiger partial charge >= 0.3 is 0 Å². The number of aromatic nitrogens is 2. The van der Waals surface area contributed by atoms with Crippen molar-refractivity contribution < 1.29 is 14.2 Å². The lowest BCUT2D eigenvalue weighted by Crippen LogP contribution is -2.57. The van der Waals surface area contributed by atoms with Crippen LogP contribution in [0.3, 0.4) is 0 Å². The van der Waals surface area contributed by atoms with Gasteiger partial charge in [-0.2, -0.15) is 0 Å². The van der Waals surface area contributed by atoms with Crippen molar-refractivity contribution in [1.29, 1.82) is 0 Å². The Labute approximate surface area is 154 Å². The minimum atomic E-state index is -0.221. The van der Waals surface area contributed by atoms with Crippen molar-refractivity contribution in [2.24, 2.45) is 0 Å². The summed E-state index contributed by atoms with van der Waals surface area (Å²) in [5, 5.41) is 8.05. The highest BCUT2D eigenvalue weighted by molar-refractivity contribution is 6.31. The summed E-state index contributed by atoms with van der Waals surface area (Å²) >= 11 is 6.02. The number of carbonyl (C=O) groups is 2. The number of piperazine rings is 1. The van der Waals surface area contributed by atoms with Crippen LogP contribution in [-0.2, 0) is 4.79 Å². The predicted molar refractivity (Wildman–Crippen MR) is 96.1 cm³/mol. The molecular formula is C18H15ClN4O3. The number of halogens is 1. The SMILES string of the molecule is C[C@H]1CN(c2cccc(Cl)c2)C(=O)CN1C(=O)c1ccc2nonc2c1. The molecule has 0 N–H and O–H groups in total. The number of carbonyl (C=O) groups excluding carboxylic acids is 2. The van der Waals surface area contributed by atoms with E-state index in [1.165, 1.54) is 0 Å². The normalized spacial score (nSPS) is 17.8. The van der Waals surface area contributed by atoms with Gasteiger partial charge in [0.15, 0.2) is 0 Å². The Hall–Kier alpha value is -2.93. The molecule has 2 amide bonds. The second-order valence-corrected chi connectivity index (χ2v) is 6.67. The molecule has 1 aromatic heterocycles. The van der Waals surface area contributed by atoms with E-state index in [1.807, 2.05) is 13.0 Å². The van der Waals surface area contributed by atoms with Crippen LogP contribution in [0.2, 0.25) is 5.02 Å². The van der Waals surface area contributed by atoms with Crippen LogP contribution in [0.15, 0.2) is 47.1 Å². The van der Waals surface area contributed by atoms with Crippen molar-refractivity contribution in [3.8, 4) is 0 Å². The zero-order chi connectivity index (χ0) is 18.3. The van der Waals surface area contributed by atoms with Gasteiger partial charge in [0.2, 0.25) is 5.91 Å².